The molecule has 150 valence electrons. The summed E-state index contributed by atoms with van der Waals surface area (Å²) in [6.07, 6.45) is 10.2. The molecule has 0 aromatic carbocycles. The standard InChI is InChI=1S/C20H34O6/c1-2-3-6-9-15(21)12-13-16(22)19-14-17(23)18(26-19)10-7-4-5-8-11-20(24)25/h4,7,12-13,15-19,21-23H,2-3,5-6,8-11,14H2,1H3,(H,24,25)/b7-4-,13-12+/t15-,16-,17-,18-,19-/m1/s1. The SMILES string of the molecule is CCCCC[C@@H](O)/C=C/[C@@H](O)[C@H]1C[C@@H](O)[C@@H](C/C=C\CCCC(=O)O)O1. The number of rotatable bonds is 13. The zero-order valence-corrected chi connectivity index (χ0v) is 15.7. The fourth-order valence-corrected chi connectivity index (χ4v) is 2.98. The predicted molar refractivity (Wildman–Crippen MR) is 99.8 cm³/mol. The number of carboxylic acid groups (broad SMARTS) is 1. The van der Waals surface area contributed by atoms with E-state index in [1.807, 2.05) is 12.2 Å². The molecule has 6 heteroatoms. The Bertz CT molecular complexity index is 448. The van der Waals surface area contributed by atoms with Crippen molar-refractivity contribution in [1.82, 2.24) is 0 Å². The van der Waals surface area contributed by atoms with Gasteiger partial charge in [0.15, 0.2) is 0 Å². The highest BCUT2D eigenvalue weighted by Gasteiger charge is 2.36. The summed E-state index contributed by atoms with van der Waals surface area (Å²) in [6, 6.07) is 0. The molecule has 1 aliphatic heterocycles. The Kier molecular flexibility index (Phi) is 11.4. The lowest BCUT2D eigenvalue weighted by molar-refractivity contribution is -0.137. The first-order valence-corrected chi connectivity index (χ1v) is 9.68. The maximum Gasteiger partial charge on any atom is 0.303 e. The molecule has 0 aromatic rings. The van der Waals surface area contributed by atoms with E-state index in [0.29, 0.717) is 32.1 Å². The second kappa shape index (κ2) is 13.0. The summed E-state index contributed by atoms with van der Waals surface area (Å²) in [5.41, 5.74) is 0. The fourth-order valence-electron chi connectivity index (χ4n) is 2.98. The molecule has 1 aliphatic rings. The van der Waals surface area contributed by atoms with E-state index in [-0.39, 0.29) is 12.5 Å². The summed E-state index contributed by atoms with van der Waals surface area (Å²) in [7, 11) is 0. The van der Waals surface area contributed by atoms with E-state index in [1.165, 1.54) is 0 Å². The van der Waals surface area contributed by atoms with Gasteiger partial charge in [0, 0.05) is 12.8 Å². The largest absolute Gasteiger partial charge is 0.481 e. The summed E-state index contributed by atoms with van der Waals surface area (Å²) < 4.78 is 5.73. The van der Waals surface area contributed by atoms with Gasteiger partial charge in [0.2, 0.25) is 0 Å². The zero-order chi connectivity index (χ0) is 19.4. The van der Waals surface area contributed by atoms with Crippen molar-refractivity contribution >= 4 is 5.97 Å². The maximum atomic E-state index is 10.4. The van der Waals surface area contributed by atoms with E-state index in [0.717, 1.165) is 19.3 Å². The number of aliphatic hydroxyl groups excluding tert-OH is 3. The third-order valence-corrected chi connectivity index (χ3v) is 4.56. The number of aliphatic hydroxyl groups is 3. The molecule has 0 bridgehead atoms. The second-order valence-corrected chi connectivity index (χ2v) is 6.95. The number of hydrogen-bond donors (Lipinski definition) is 4. The van der Waals surface area contributed by atoms with Crippen molar-refractivity contribution in [3.8, 4) is 0 Å². The molecule has 1 heterocycles. The minimum Gasteiger partial charge on any atom is -0.481 e. The molecule has 0 saturated carbocycles. The summed E-state index contributed by atoms with van der Waals surface area (Å²) >= 11 is 0. The van der Waals surface area contributed by atoms with E-state index >= 15 is 0 Å². The number of carbonyl (C=O) groups is 1. The molecule has 0 aromatic heterocycles. The van der Waals surface area contributed by atoms with Gasteiger partial charge in [0.25, 0.3) is 0 Å². The molecular formula is C20H34O6. The van der Waals surface area contributed by atoms with E-state index in [9.17, 15) is 20.1 Å². The Morgan fingerprint density at radius 3 is 2.65 bits per heavy atom. The van der Waals surface area contributed by atoms with Crippen LogP contribution in [0.15, 0.2) is 24.3 Å². The van der Waals surface area contributed by atoms with Gasteiger partial charge in [-0.05, 0) is 25.7 Å². The van der Waals surface area contributed by atoms with Gasteiger partial charge in [-0.15, -0.1) is 0 Å². The van der Waals surface area contributed by atoms with Crippen LogP contribution in [0.4, 0.5) is 0 Å². The van der Waals surface area contributed by atoms with Crippen LogP contribution in [0.5, 0.6) is 0 Å². The van der Waals surface area contributed by atoms with Crippen LogP contribution >= 0.6 is 0 Å². The molecule has 0 radical (unpaired) electrons. The highest BCUT2D eigenvalue weighted by Crippen LogP contribution is 2.26. The van der Waals surface area contributed by atoms with Gasteiger partial charge < -0.3 is 25.2 Å². The highest BCUT2D eigenvalue weighted by molar-refractivity contribution is 5.66. The predicted octanol–water partition coefficient (Wildman–Crippen LogP) is 2.56. The monoisotopic (exact) mass is 370 g/mol. The van der Waals surface area contributed by atoms with E-state index in [2.05, 4.69) is 6.92 Å². The molecular weight excluding hydrogens is 336 g/mol. The Morgan fingerprint density at radius 1 is 1.19 bits per heavy atom. The number of carboxylic acids is 1. The molecule has 0 unspecified atom stereocenters. The number of unbranched alkanes of at least 4 members (excludes halogenated alkanes) is 3. The van der Waals surface area contributed by atoms with Crippen LogP contribution in [-0.2, 0) is 9.53 Å². The van der Waals surface area contributed by atoms with Crippen LogP contribution in [-0.4, -0.2) is 56.9 Å². The Hall–Kier alpha value is -1.21. The van der Waals surface area contributed by atoms with Crippen LogP contribution in [0.1, 0.15) is 64.7 Å². The first kappa shape index (κ1) is 22.8. The lowest BCUT2D eigenvalue weighted by Crippen LogP contribution is -2.24. The van der Waals surface area contributed by atoms with E-state index < -0.39 is 30.4 Å². The summed E-state index contributed by atoms with van der Waals surface area (Å²) in [5.74, 6) is -0.798. The van der Waals surface area contributed by atoms with Crippen molar-refractivity contribution in [2.75, 3.05) is 0 Å². The molecule has 26 heavy (non-hydrogen) atoms. The van der Waals surface area contributed by atoms with Gasteiger partial charge in [-0.3, -0.25) is 4.79 Å². The van der Waals surface area contributed by atoms with E-state index in [4.69, 9.17) is 9.84 Å². The molecule has 0 amide bonds. The molecule has 4 N–H and O–H groups in total. The van der Waals surface area contributed by atoms with E-state index in [1.54, 1.807) is 12.2 Å². The van der Waals surface area contributed by atoms with Crippen LogP contribution in [0.3, 0.4) is 0 Å². The Balaban J connectivity index is 2.30. The molecule has 6 nitrogen and oxygen atoms in total. The number of aliphatic carboxylic acids is 1. The minimum absolute atomic E-state index is 0.151. The smallest absolute Gasteiger partial charge is 0.303 e. The average Bonchev–Trinajstić information content (AvgIpc) is 2.97. The Morgan fingerprint density at radius 2 is 1.96 bits per heavy atom. The molecule has 0 spiro atoms. The third kappa shape index (κ3) is 9.48. The fraction of sp³-hybridized carbons (Fsp3) is 0.750. The molecule has 5 atom stereocenters. The van der Waals surface area contributed by atoms with Crippen LogP contribution in [0, 0.1) is 0 Å². The summed E-state index contributed by atoms with van der Waals surface area (Å²) in [5, 5.41) is 38.7. The van der Waals surface area contributed by atoms with Gasteiger partial charge in [-0.2, -0.15) is 0 Å². The quantitative estimate of drug-likeness (QED) is 0.293. The average molecular weight is 370 g/mol. The number of hydrogen-bond acceptors (Lipinski definition) is 5. The van der Waals surface area contributed by atoms with Crippen molar-refractivity contribution in [2.45, 2.75) is 95.2 Å². The molecule has 0 aliphatic carbocycles. The van der Waals surface area contributed by atoms with Gasteiger partial charge in [-0.25, -0.2) is 0 Å². The number of ether oxygens (including phenoxy) is 1. The van der Waals surface area contributed by atoms with Crippen molar-refractivity contribution < 1.29 is 30.0 Å². The lowest BCUT2D eigenvalue weighted by atomic mass is 10.0. The van der Waals surface area contributed by atoms with Crippen LogP contribution < -0.4 is 0 Å². The van der Waals surface area contributed by atoms with Crippen molar-refractivity contribution in [3.63, 3.8) is 0 Å². The van der Waals surface area contributed by atoms with Gasteiger partial charge in [0.05, 0.1) is 30.5 Å². The second-order valence-electron chi connectivity index (χ2n) is 6.95. The number of allylic oxidation sites excluding steroid dienone is 1. The van der Waals surface area contributed by atoms with Crippen LogP contribution in [0.25, 0.3) is 0 Å². The zero-order valence-electron chi connectivity index (χ0n) is 15.7. The normalized spacial score (nSPS) is 25.9. The van der Waals surface area contributed by atoms with Crippen molar-refractivity contribution in [2.24, 2.45) is 0 Å². The third-order valence-electron chi connectivity index (χ3n) is 4.56. The maximum absolute atomic E-state index is 10.4. The molecule has 1 rings (SSSR count). The minimum atomic E-state index is -0.852. The summed E-state index contributed by atoms with van der Waals surface area (Å²) in [4.78, 5) is 10.4. The van der Waals surface area contributed by atoms with Gasteiger partial charge in [-0.1, -0.05) is 50.5 Å². The van der Waals surface area contributed by atoms with Crippen molar-refractivity contribution in [1.29, 1.82) is 0 Å². The first-order chi connectivity index (χ1) is 12.4. The lowest BCUT2D eigenvalue weighted by Gasteiger charge is -2.16. The highest BCUT2D eigenvalue weighted by atomic mass is 16.5. The summed E-state index contributed by atoms with van der Waals surface area (Å²) in [6.45, 7) is 2.11. The first-order valence-electron chi connectivity index (χ1n) is 9.68. The van der Waals surface area contributed by atoms with Gasteiger partial charge >= 0.3 is 5.97 Å². The molecule has 1 saturated heterocycles. The molecule has 1 fully saturated rings. The van der Waals surface area contributed by atoms with Crippen molar-refractivity contribution in [3.05, 3.63) is 24.3 Å². The van der Waals surface area contributed by atoms with Gasteiger partial charge in [0.1, 0.15) is 0 Å². The van der Waals surface area contributed by atoms with Crippen LogP contribution in [0.2, 0.25) is 0 Å². The Labute approximate surface area is 156 Å². The topological polar surface area (TPSA) is 107 Å².